The van der Waals surface area contributed by atoms with Crippen LogP contribution in [-0.2, 0) is 5.41 Å². The fourth-order valence-electron chi connectivity index (χ4n) is 2.00. The van der Waals surface area contributed by atoms with E-state index in [-0.39, 0.29) is 17.5 Å². The molecule has 0 radical (unpaired) electrons. The van der Waals surface area contributed by atoms with Crippen molar-refractivity contribution in [3.05, 3.63) is 18.1 Å². The highest BCUT2D eigenvalue weighted by Gasteiger charge is 2.42. The van der Waals surface area contributed by atoms with Gasteiger partial charge in [0.15, 0.2) is 6.23 Å². The van der Waals surface area contributed by atoms with Crippen molar-refractivity contribution in [2.75, 3.05) is 11.9 Å². The van der Waals surface area contributed by atoms with Crippen LogP contribution in [0.3, 0.4) is 0 Å². The maximum atomic E-state index is 12.1. The summed E-state index contributed by atoms with van der Waals surface area (Å²) in [6, 6.07) is 1.24. The minimum absolute atomic E-state index is 0.136. The normalized spacial score (nSPS) is 24.2. The summed E-state index contributed by atoms with van der Waals surface area (Å²) >= 11 is 0. The van der Waals surface area contributed by atoms with Crippen LogP contribution < -0.4 is 4.90 Å². The minimum atomic E-state index is -0.889. The molecule has 0 aromatic carbocycles. The van der Waals surface area contributed by atoms with Crippen molar-refractivity contribution in [2.24, 2.45) is 0 Å². The number of aliphatic hydroxyl groups is 1. The van der Waals surface area contributed by atoms with Crippen LogP contribution in [0, 0.1) is 0 Å². The lowest BCUT2D eigenvalue weighted by molar-refractivity contribution is 0.138. The summed E-state index contributed by atoms with van der Waals surface area (Å²) in [5.74, 6) is 0.439. The van der Waals surface area contributed by atoms with Gasteiger partial charge in [0, 0.05) is 18.5 Å². The van der Waals surface area contributed by atoms with Gasteiger partial charge in [0.25, 0.3) is 0 Å². The van der Waals surface area contributed by atoms with Crippen LogP contribution in [0.5, 0.6) is 0 Å². The molecule has 1 N–H and O–H groups in total. The molecule has 0 spiro atoms. The molecule has 6 nitrogen and oxygen atoms in total. The number of carbonyl (C=O) groups excluding carboxylic acids is 1. The molecule has 2 heterocycles. The van der Waals surface area contributed by atoms with Crippen LogP contribution in [0.25, 0.3) is 0 Å². The van der Waals surface area contributed by atoms with Gasteiger partial charge in [0.1, 0.15) is 12.1 Å². The summed E-state index contributed by atoms with van der Waals surface area (Å²) < 4.78 is 0. The fourth-order valence-corrected chi connectivity index (χ4v) is 2.00. The van der Waals surface area contributed by atoms with Crippen molar-refractivity contribution in [3.63, 3.8) is 0 Å². The highest BCUT2D eigenvalue weighted by atomic mass is 16.3. The second-order valence-corrected chi connectivity index (χ2v) is 5.93. The van der Waals surface area contributed by atoms with E-state index >= 15 is 0 Å². The van der Waals surface area contributed by atoms with Crippen LogP contribution >= 0.6 is 0 Å². The second-order valence-electron chi connectivity index (χ2n) is 5.93. The number of amides is 2. The molecular formula is C13H20N4O2. The summed E-state index contributed by atoms with van der Waals surface area (Å²) in [6.45, 7) is 7.91. The number of hydrogen-bond acceptors (Lipinski definition) is 4. The Balaban J connectivity index is 2.40. The molecule has 1 aromatic heterocycles. The summed E-state index contributed by atoms with van der Waals surface area (Å²) in [5.41, 5.74) is 0.697. The van der Waals surface area contributed by atoms with Crippen molar-refractivity contribution in [1.29, 1.82) is 0 Å². The van der Waals surface area contributed by atoms with Gasteiger partial charge in [-0.25, -0.2) is 19.7 Å². The molecule has 0 saturated carbocycles. The van der Waals surface area contributed by atoms with Gasteiger partial charge in [-0.2, -0.15) is 0 Å². The van der Waals surface area contributed by atoms with E-state index in [1.54, 1.807) is 20.0 Å². The minimum Gasteiger partial charge on any atom is -0.371 e. The number of anilines is 1. The van der Waals surface area contributed by atoms with E-state index in [1.165, 1.54) is 16.1 Å². The highest BCUT2D eigenvalue weighted by molar-refractivity contribution is 5.94. The highest BCUT2D eigenvalue weighted by Crippen LogP contribution is 2.28. The van der Waals surface area contributed by atoms with Crippen molar-refractivity contribution < 1.29 is 9.90 Å². The Kier molecular flexibility index (Phi) is 3.22. The van der Waals surface area contributed by atoms with Crippen LogP contribution in [0.1, 0.15) is 33.4 Å². The van der Waals surface area contributed by atoms with Gasteiger partial charge in [0.2, 0.25) is 0 Å². The van der Waals surface area contributed by atoms with Gasteiger partial charge < -0.3 is 10.0 Å². The number of urea groups is 1. The molecule has 1 fully saturated rings. The van der Waals surface area contributed by atoms with E-state index in [1.807, 2.05) is 20.8 Å². The summed E-state index contributed by atoms with van der Waals surface area (Å²) in [6.07, 6.45) is 0.541. The Morgan fingerprint density at radius 2 is 1.95 bits per heavy atom. The number of carbonyl (C=O) groups is 1. The maximum absolute atomic E-state index is 12.1. The van der Waals surface area contributed by atoms with Crippen LogP contribution in [0.2, 0.25) is 0 Å². The molecule has 0 aliphatic carbocycles. The van der Waals surface area contributed by atoms with E-state index in [0.717, 1.165) is 5.69 Å². The van der Waals surface area contributed by atoms with Gasteiger partial charge >= 0.3 is 6.03 Å². The van der Waals surface area contributed by atoms with E-state index < -0.39 is 6.23 Å². The lowest BCUT2D eigenvalue weighted by atomic mass is 9.92. The zero-order valence-electron chi connectivity index (χ0n) is 12.0. The molecule has 104 valence electrons. The van der Waals surface area contributed by atoms with Gasteiger partial charge in [-0.1, -0.05) is 20.8 Å². The van der Waals surface area contributed by atoms with E-state index in [2.05, 4.69) is 9.97 Å². The molecule has 1 aliphatic rings. The van der Waals surface area contributed by atoms with Crippen LogP contribution in [0.4, 0.5) is 10.6 Å². The number of nitrogens with zero attached hydrogens (tertiary/aromatic N) is 4. The molecule has 6 heteroatoms. The van der Waals surface area contributed by atoms with Gasteiger partial charge in [-0.05, 0) is 6.92 Å². The van der Waals surface area contributed by atoms with E-state index in [0.29, 0.717) is 5.82 Å². The molecule has 2 rings (SSSR count). The first-order valence-corrected chi connectivity index (χ1v) is 6.30. The van der Waals surface area contributed by atoms with Crippen LogP contribution in [0.15, 0.2) is 12.4 Å². The molecule has 1 saturated heterocycles. The Bertz CT molecular complexity index is 498. The standard InChI is InChI=1S/C13H20N4O2/c1-8-11(18)17(12(19)16(8)5)10-6-9(13(2,3)4)14-7-15-10/h6-8,11,18H,1-5H3/t8-,11+/m1/s1. The average Bonchev–Trinajstić information content (AvgIpc) is 2.53. The van der Waals surface area contributed by atoms with Crippen molar-refractivity contribution in [2.45, 2.75) is 45.4 Å². The Labute approximate surface area is 113 Å². The maximum Gasteiger partial charge on any atom is 0.328 e. The number of rotatable bonds is 1. The smallest absolute Gasteiger partial charge is 0.328 e. The number of aliphatic hydroxyl groups excluding tert-OH is 1. The van der Waals surface area contributed by atoms with Crippen LogP contribution in [-0.4, -0.2) is 45.3 Å². The molecule has 0 unspecified atom stereocenters. The third-order valence-electron chi connectivity index (χ3n) is 3.48. The predicted octanol–water partition coefficient (Wildman–Crippen LogP) is 1.35. The predicted molar refractivity (Wildman–Crippen MR) is 71.8 cm³/mol. The molecule has 1 aromatic rings. The lowest BCUT2D eigenvalue weighted by Crippen LogP contribution is -2.36. The van der Waals surface area contributed by atoms with Crippen molar-refractivity contribution in [1.82, 2.24) is 14.9 Å². The van der Waals surface area contributed by atoms with E-state index in [4.69, 9.17) is 0 Å². The average molecular weight is 264 g/mol. The summed E-state index contributed by atoms with van der Waals surface area (Å²) in [4.78, 5) is 23.3. The summed E-state index contributed by atoms with van der Waals surface area (Å²) in [7, 11) is 1.67. The number of likely N-dealkylation sites (N-methyl/N-ethyl adjacent to an activating group) is 1. The molecule has 2 atom stereocenters. The van der Waals surface area contributed by atoms with Crippen molar-refractivity contribution in [3.8, 4) is 0 Å². The summed E-state index contributed by atoms with van der Waals surface area (Å²) in [5, 5.41) is 10.1. The zero-order chi connectivity index (χ0) is 14.4. The zero-order valence-corrected chi connectivity index (χ0v) is 12.0. The fraction of sp³-hybridized carbons (Fsp3) is 0.615. The largest absolute Gasteiger partial charge is 0.371 e. The quantitative estimate of drug-likeness (QED) is 0.831. The molecule has 19 heavy (non-hydrogen) atoms. The Hall–Kier alpha value is -1.69. The Morgan fingerprint density at radius 1 is 1.32 bits per heavy atom. The van der Waals surface area contributed by atoms with Gasteiger partial charge in [0.05, 0.1) is 11.7 Å². The van der Waals surface area contributed by atoms with Gasteiger partial charge in [-0.3, -0.25) is 0 Å². The monoisotopic (exact) mass is 264 g/mol. The first kappa shape index (κ1) is 13.7. The third-order valence-corrected chi connectivity index (χ3v) is 3.48. The topological polar surface area (TPSA) is 69.6 Å². The molecular weight excluding hydrogens is 244 g/mol. The number of hydrogen-bond donors (Lipinski definition) is 1. The van der Waals surface area contributed by atoms with E-state index in [9.17, 15) is 9.90 Å². The van der Waals surface area contributed by atoms with Crippen molar-refractivity contribution >= 4 is 11.8 Å². The third kappa shape index (κ3) is 2.28. The first-order valence-electron chi connectivity index (χ1n) is 6.30. The molecule has 1 aliphatic heterocycles. The Morgan fingerprint density at radius 3 is 2.42 bits per heavy atom. The lowest BCUT2D eigenvalue weighted by Gasteiger charge is -2.22. The first-order chi connectivity index (χ1) is 8.73. The second kappa shape index (κ2) is 4.45. The SMILES string of the molecule is C[C@@H]1[C@H](O)N(c2cc(C(C)(C)C)ncn2)C(=O)N1C. The number of aromatic nitrogens is 2. The molecule has 2 amide bonds. The van der Waals surface area contributed by atoms with Gasteiger partial charge in [-0.15, -0.1) is 0 Å². The molecule has 0 bridgehead atoms.